The molecule has 158 valence electrons. The molecule has 5 rings (SSSR count). The standard InChI is InChI=1S/C24H17ClN4O3/c1-14-2-10-18(11-3-14)28-23(16-6-12-19(13-7-16)29(31)32)20-21(26-27-22(20)24(28)30)15-4-8-17(25)9-5-15/h2-13,23H,1H3,(H,26,27). The summed E-state index contributed by atoms with van der Waals surface area (Å²) in [5.74, 6) is -0.208. The minimum Gasteiger partial charge on any atom is -0.295 e. The summed E-state index contributed by atoms with van der Waals surface area (Å²) >= 11 is 6.05. The summed E-state index contributed by atoms with van der Waals surface area (Å²) < 4.78 is 0. The Bertz CT molecular complexity index is 1330. The lowest BCUT2D eigenvalue weighted by Crippen LogP contribution is -2.29. The van der Waals surface area contributed by atoms with E-state index in [0.717, 1.165) is 27.9 Å². The van der Waals surface area contributed by atoms with Crippen LogP contribution in [0.15, 0.2) is 72.8 Å². The minimum atomic E-state index is -0.495. The zero-order chi connectivity index (χ0) is 22.4. The second-order valence-electron chi connectivity index (χ2n) is 7.63. The number of carbonyl (C=O) groups excluding carboxylic acids is 1. The molecule has 0 fully saturated rings. The van der Waals surface area contributed by atoms with Crippen molar-refractivity contribution in [2.45, 2.75) is 13.0 Å². The maximum absolute atomic E-state index is 13.5. The Labute approximate surface area is 188 Å². The van der Waals surface area contributed by atoms with E-state index < -0.39 is 11.0 Å². The zero-order valence-electron chi connectivity index (χ0n) is 16.9. The molecule has 3 aromatic carbocycles. The number of halogens is 1. The summed E-state index contributed by atoms with van der Waals surface area (Å²) in [5.41, 5.74) is 5.14. The second-order valence-corrected chi connectivity index (χ2v) is 8.07. The van der Waals surface area contributed by atoms with Gasteiger partial charge in [-0.2, -0.15) is 5.10 Å². The van der Waals surface area contributed by atoms with Crippen LogP contribution in [-0.4, -0.2) is 21.0 Å². The molecule has 1 atom stereocenters. The van der Waals surface area contributed by atoms with Crippen LogP contribution in [0.25, 0.3) is 11.3 Å². The molecule has 0 aliphatic carbocycles. The topological polar surface area (TPSA) is 92.1 Å². The molecule has 0 bridgehead atoms. The maximum Gasteiger partial charge on any atom is 0.277 e. The van der Waals surface area contributed by atoms with Crippen molar-refractivity contribution in [2.75, 3.05) is 4.90 Å². The number of aromatic amines is 1. The molecule has 1 aliphatic heterocycles. The average molecular weight is 445 g/mol. The van der Waals surface area contributed by atoms with Crippen LogP contribution < -0.4 is 4.90 Å². The van der Waals surface area contributed by atoms with Crippen molar-refractivity contribution in [3.8, 4) is 11.3 Å². The van der Waals surface area contributed by atoms with Gasteiger partial charge in [-0.1, -0.05) is 41.4 Å². The lowest BCUT2D eigenvalue weighted by Gasteiger charge is -2.26. The van der Waals surface area contributed by atoms with Gasteiger partial charge < -0.3 is 0 Å². The number of nitrogens with zero attached hydrogens (tertiary/aromatic N) is 3. The van der Waals surface area contributed by atoms with E-state index in [-0.39, 0.29) is 11.6 Å². The normalized spacial score (nSPS) is 15.1. The van der Waals surface area contributed by atoms with Gasteiger partial charge in [-0.05, 0) is 48.9 Å². The van der Waals surface area contributed by atoms with E-state index in [4.69, 9.17) is 11.6 Å². The Morgan fingerprint density at radius 2 is 1.66 bits per heavy atom. The minimum absolute atomic E-state index is 0.00898. The number of nitrogens with one attached hydrogen (secondary N) is 1. The van der Waals surface area contributed by atoms with Crippen molar-refractivity contribution in [2.24, 2.45) is 0 Å². The Balaban J connectivity index is 1.70. The third kappa shape index (κ3) is 3.23. The fraction of sp³-hybridized carbons (Fsp3) is 0.0833. The van der Waals surface area contributed by atoms with Gasteiger partial charge in [-0.15, -0.1) is 0 Å². The molecule has 32 heavy (non-hydrogen) atoms. The van der Waals surface area contributed by atoms with E-state index in [0.29, 0.717) is 16.4 Å². The number of H-pyrrole nitrogens is 1. The Morgan fingerprint density at radius 3 is 2.28 bits per heavy atom. The number of nitro groups is 1. The van der Waals surface area contributed by atoms with E-state index in [1.165, 1.54) is 12.1 Å². The molecular weight excluding hydrogens is 428 g/mol. The highest BCUT2D eigenvalue weighted by Gasteiger charge is 2.43. The average Bonchev–Trinajstić information content (AvgIpc) is 3.34. The zero-order valence-corrected chi connectivity index (χ0v) is 17.7. The maximum atomic E-state index is 13.5. The lowest BCUT2D eigenvalue weighted by atomic mass is 9.95. The molecule has 8 heteroatoms. The molecular formula is C24H17ClN4O3. The van der Waals surface area contributed by atoms with Crippen molar-refractivity contribution >= 4 is 28.9 Å². The predicted octanol–water partition coefficient (Wildman–Crippen LogP) is 5.70. The third-order valence-corrected chi connectivity index (χ3v) is 5.87. The first-order valence-corrected chi connectivity index (χ1v) is 10.3. The van der Waals surface area contributed by atoms with Crippen molar-refractivity contribution in [3.63, 3.8) is 0 Å². The van der Waals surface area contributed by atoms with Gasteiger partial charge in [0.05, 0.1) is 16.7 Å². The highest BCUT2D eigenvalue weighted by Crippen LogP contribution is 2.45. The van der Waals surface area contributed by atoms with Gasteiger partial charge in [0.1, 0.15) is 5.69 Å². The van der Waals surface area contributed by atoms with Crippen LogP contribution in [0.2, 0.25) is 5.02 Å². The number of benzene rings is 3. The van der Waals surface area contributed by atoms with Gasteiger partial charge in [0.15, 0.2) is 0 Å². The number of aryl methyl sites for hydroxylation is 1. The van der Waals surface area contributed by atoms with E-state index >= 15 is 0 Å². The van der Waals surface area contributed by atoms with E-state index in [1.54, 1.807) is 29.2 Å². The number of amides is 1. The van der Waals surface area contributed by atoms with Crippen LogP contribution in [0, 0.1) is 17.0 Å². The summed E-state index contributed by atoms with van der Waals surface area (Å²) in [6, 6.07) is 20.7. The molecule has 2 heterocycles. The molecule has 4 aromatic rings. The fourth-order valence-corrected chi connectivity index (χ4v) is 4.17. The van der Waals surface area contributed by atoms with Gasteiger partial charge in [0, 0.05) is 34.0 Å². The number of anilines is 1. The number of rotatable bonds is 4. The van der Waals surface area contributed by atoms with Crippen LogP contribution in [0.1, 0.15) is 33.2 Å². The first kappa shape index (κ1) is 20.0. The number of hydrogen-bond donors (Lipinski definition) is 1. The largest absolute Gasteiger partial charge is 0.295 e. The van der Waals surface area contributed by atoms with Gasteiger partial charge in [0.25, 0.3) is 11.6 Å². The molecule has 1 N–H and O–H groups in total. The number of non-ortho nitro benzene ring substituents is 1. The number of fused-ring (bicyclic) bond motifs is 1. The lowest BCUT2D eigenvalue weighted by molar-refractivity contribution is -0.384. The highest BCUT2D eigenvalue weighted by molar-refractivity contribution is 6.30. The van der Waals surface area contributed by atoms with Crippen LogP contribution in [0.3, 0.4) is 0 Å². The molecule has 0 saturated carbocycles. The number of carbonyl (C=O) groups is 1. The monoisotopic (exact) mass is 444 g/mol. The van der Waals surface area contributed by atoms with Gasteiger partial charge in [-0.25, -0.2) is 0 Å². The first-order chi connectivity index (χ1) is 15.4. The summed E-state index contributed by atoms with van der Waals surface area (Å²) in [4.78, 5) is 25.9. The van der Waals surface area contributed by atoms with Gasteiger partial charge >= 0.3 is 0 Å². The van der Waals surface area contributed by atoms with Crippen molar-refractivity contribution < 1.29 is 9.72 Å². The van der Waals surface area contributed by atoms with Gasteiger partial charge in [0.2, 0.25) is 0 Å². The highest BCUT2D eigenvalue weighted by atomic mass is 35.5. The molecule has 1 aromatic heterocycles. The van der Waals surface area contributed by atoms with Crippen molar-refractivity contribution in [3.05, 3.63) is 110 Å². The van der Waals surface area contributed by atoms with Crippen LogP contribution >= 0.6 is 11.6 Å². The van der Waals surface area contributed by atoms with Crippen molar-refractivity contribution in [1.82, 2.24) is 10.2 Å². The van der Waals surface area contributed by atoms with Crippen LogP contribution in [0.4, 0.5) is 11.4 Å². The second kappa shape index (κ2) is 7.62. The Hall–Kier alpha value is -3.97. The molecule has 7 nitrogen and oxygen atoms in total. The Morgan fingerprint density at radius 1 is 1.00 bits per heavy atom. The Kier molecular flexibility index (Phi) is 4.75. The molecule has 1 amide bonds. The van der Waals surface area contributed by atoms with Crippen LogP contribution in [0.5, 0.6) is 0 Å². The van der Waals surface area contributed by atoms with E-state index in [9.17, 15) is 14.9 Å². The molecule has 1 aliphatic rings. The molecule has 1 unspecified atom stereocenters. The summed E-state index contributed by atoms with van der Waals surface area (Å²) in [7, 11) is 0. The summed E-state index contributed by atoms with van der Waals surface area (Å²) in [6.45, 7) is 1.98. The van der Waals surface area contributed by atoms with E-state index in [2.05, 4.69) is 10.2 Å². The van der Waals surface area contributed by atoms with E-state index in [1.807, 2.05) is 43.3 Å². The quantitative estimate of drug-likeness (QED) is 0.323. The molecule has 0 saturated heterocycles. The fourth-order valence-electron chi connectivity index (χ4n) is 4.04. The third-order valence-electron chi connectivity index (χ3n) is 5.62. The number of hydrogen-bond acceptors (Lipinski definition) is 4. The molecule has 0 radical (unpaired) electrons. The predicted molar refractivity (Wildman–Crippen MR) is 122 cm³/mol. The van der Waals surface area contributed by atoms with Crippen LogP contribution in [-0.2, 0) is 0 Å². The smallest absolute Gasteiger partial charge is 0.277 e. The summed E-state index contributed by atoms with van der Waals surface area (Å²) in [5, 5.41) is 19.1. The number of aromatic nitrogens is 2. The first-order valence-electron chi connectivity index (χ1n) is 9.93. The van der Waals surface area contributed by atoms with Crippen molar-refractivity contribution in [1.29, 1.82) is 0 Å². The van der Waals surface area contributed by atoms with Gasteiger partial charge in [-0.3, -0.25) is 24.9 Å². The SMILES string of the molecule is Cc1ccc(N2C(=O)c3[nH]nc(-c4ccc(Cl)cc4)c3C2c2ccc([N+](=O)[O-])cc2)cc1. The number of nitro benzene ring substituents is 1. The molecule has 0 spiro atoms. The summed E-state index contributed by atoms with van der Waals surface area (Å²) in [6.07, 6.45) is 0.